The Hall–Kier alpha value is -2.44. The fourth-order valence-electron chi connectivity index (χ4n) is 2.40. The van der Waals surface area contributed by atoms with Gasteiger partial charge in [0, 0.05) is 16.8 Å². The lowest BCUT2D eigenvalue weighted by molar-refractivity contribution is 0.601. The van der Waals surface area contributed by atoms with Crippen LogP contribution in [0.25, 0.3) is 11.3 Å². The highest BCUT2D eigenvalue weighted by Crippen LogP contribution is 2.22. The van der Waals surface area contributed by atoms with Crippen LogP contribution in [0.3, 0.4) is 0 Å². The summed E-state index contributed by atoms with van der Waals surface area (Å²) in [6.45, 7) is 4.26. The number of aromatic nitrogens is 2. The van der Waals surface area contributed by atoms with Crippen molar-refractivity contribution in [3.8, 4) is 11.3 Å². The minimum Gasteiger partial charge on any atom is -0.247 e. The maximum atomic E-state index is 12.4. The Morgan fingerprint density at radius 2 is 1.62 bits per heavy atom. The van der Waals surface area contributed by atoms with E-state index in [-0.39, 0.29) is 10.8 Å². The van der Waals surface area contributed by atoms with E-state index < -0.39 is 10.0 Å². The van der Waals surface area contributed by atoms with Gasteiger partial charge in [0.05, 0.1) is 10.6 Å². The molecule has 2 aromatic carbocycles. The first-order valence-corrected chi connectivity index (χ1v) is 9.93. The van der Waals surface area contributed by atoms with E-state index in [1.54, 1.807) is 6.07 Å². The molecule has 1 N–H and O–H groups in total. The average Bonchev–Trinajstić information content (AvgIpc) is 2.62. The molecular weight excluding hydrogens is 370 g/mol. The van der Waals surface area contributed by atoms with Crippen LogP contribution < -0.4 is 4.72 Å². The molecule has 7 heteroatoms. The molecule has 0 bridgehead atoms. The summed E-state index contributed by atoms with van der Waals surface area (Å²) in [6, 6.07) is 15.7. The number of hydrogen-bond donors (Lipinski definition) is 1. The fourth-order valence-corrected chi connectivity index (χ4v) is 3.48. The zero-order chi connectivity index (χ0) is 18.7. The number of rotatable bonds is 5. The maximum absolute atomic E-state index is 12.4. The third-order valence-electron chi connectivity index (χ3n) is 3.88. The Morgan fingerprint density at radius 1 is 0.962 bits per heavy atom. The van der Waals surface area contributed by atoms with Crippen LogP contribution in [-0.2, 0) is 10.0 Å². The van der Waals surface area contributed by atoms with E-state index in [0.717, 1.165) is 5.56 Å². The summed E-state index contributed by atoms with van der Waals surface area (Å²) >= 11 is 5.80. The second kappa shape index (κ2) is 7.43. The zero-order valence-corrected chi connectivity index (χ0v) is 15.9. The number of halogens is 1. The minimum absolute atomic E-state index is 0.0189. The Bertz CT molecular complexity index is 1000. The van der Waals surface area contributed by atoms with E-state index in [2.05, 4.69) is 28.5 Å². The van der Waals surface area contributed by atoms with Crippen LogP contribution in [0.1, 0.15) is 25.3 Å². The molecule has 26 heavy (non-hydrogen) atoms. The van der Waals surface area contributed by atoms with Crippen LogP contribution in [0.2, 0.25) is 5.02 Å². The number of hydrogen-bond acceptors (Lipinski definition) is 4. The van der Waals surface area contributed by atoms with Crippen molar-refractivity contribution in [2.24, 2.45) is 0 Å². The molecule has 3 rings (SSSR count). The van der Waals surface area contributed by atoms with Crippen LogP contribution in [0.5, 0.6) is 0 Å². The van der Waals surface area contributed by atoms with E-state index in [9.17, 15) is 8.42 Å². The molecule has 0 atom stereocenters. The quantitative estimate of drug-likeness (QED) is 0.687. The van der Waals surface area contributed by atoms with Crippen molar-refractivity contribution < 1.29 is 8.42 Å². The summed E-state index contributed by atoms with van der Waals surface area (Å²) in [5.74, 6) is 0.460. The molecule has 0 saturated carbocycles. The van der Waals surface area contributed by atoms with Crippen LogP contribution >= 0.6 is 11.6 Å². The fraction of sp³-hybridized carbons (Fsp3) is 0.158. The lowest BCUT2D eigenvalue weighted by Crippen LogP contribution is -2.15. The highest BCUT2D eigenvalue weighted by atomic mass is 35.5. The third-order valence-corrected chi connectivity index (χ3v) is 5.47. The van der Waals surface area contributed by atoms with E-state index in [0.29, 0.717) is 16.6 Å². The van der Waals surface area contributed by atoms with Crippen molar-refractivity contribution in [1.29, 1.82) is 0 Å². The predicted octanol–water partition coefficient (Wildman–Crippen LogP) is 4.72. The van der Waals surface area contributed by atoms with E-state index >= 15 is 0 Å². The summed E-state index contributed by atoms with van der Waals surface area (Å²) in [5, 5.41) is 0.465. The Balaban J connectivity index is 1.86. The van der Waals surface area contributed by atoms with Gasteiger partial charge in [0.15, 0.2) is 0 Å². The van der Waals surface area contributed by atoms with Crippen LogP contribution in [0.4, 0.5) is 5.95 Å². The molecule has 0 spiro atoms. The second-order valence-electron chi connectivity index (χ2n) is 6.10. The van der Waals surface area contributed by atoms with Gasteiger partial charge in [-0.1, -0.05) is 49.7 Å². The van der Waals surface area contributed by atoms with Crippen molar-refractivity contribution >= 4 is 27.6 Å². The van der Waals surface area contributed by atoms with Crippen LogP contribution in [-0.4, -0.2) is 18.4 Å². The highest BCUT2D eigenvalue weighted by molar-refractivity contribution is 7.92. The minimum atomic E-state index is -3.78. The van der Waals surface area contributed by atoms with Crippen molar-refractivity contribution in [3.05, 3.63) is 71.4 Å². The molecule has 0 amide bonds. The molecule has 134 valence electrons. The lowest BCUT2D eigenvalue weighted by Gasteiger charge is -2.09. The Labute approximate surface area is 158 Å². The summed E-state index contributed by atoms with van der Waals surface area (Å²) < 4.78 is 27.3. The number of anilines is 1. The normalized spacial score (nSPS) is 11.5. The standard InChI is InChI=1S/C19H18ClN3O2S/c1-13(2)14-3-5-15(6-4-14)18-11-12-21-19(22-18)23-26(24,25)17-9-7-16(20)8-10-17/h3-13H,1-2H3,(H,21,22,23). The van der Waals surface area contributed by atoms with Crippen molar-refractivity contribution in [2.45, 2.75) is 24.7 Å². The molecular formula is C19H18ClN3O2S. The van der Waals surface area contributed by atoms with E-state index in [4.69, 9.17) is 11.6 Å². The van der Waals surface area contributed by atoms with Gasteiger partial charge in [-0.15, -0.1) is 0 Å². The first-order chi connectivity index (χ1) is 12.3. The van der Waals surface area contributed by atoms with Gasteiger partial charge in [0.25, 0.3) is 10.0 Å². The monoisotopic (exact) mass is 387 g/mol. The largest absolute Gasteiger partial charge is 0.264 e. The Kier molecular flexibility index (Phi) is 5.25. The van der Waals surface area contributed by atoms with Gasteiger partial charge in [0.2, 0.25) is 5.95 Å². The topological polar surface area (TPSA) is 72.0 Å². The second-order valence-corrected chi connectivity index (χ2v) is 8.22. The molecule has 0 fully saturated rings. The average molecular weight is 388 g/mol. The first kappa shape index (κ1) is 18.4. The summed E-state index contributed by atoms with van der Waals surface area (Å²) in [6.07, 6.45) is 1.53. The van der Waals surface area contributed by atoms with Gasteiger partial charge in [-0.25, -0.2) is 23.1 Å². The maximum Gasteiger partial charge on any atom is 0.264 e. The van der Waals surface area contributed by atoms with Gasteiger partial charge >= 0.3 is 0 Å². The molecule has 0 radical (unpaired) electrons. The van der Waals surface area contributed by atoms with Crippen molar-refractivity contribution in [3.63, 3.8) is 0 Å². The van der Waals surface area contributed by atoms with Crippen LogP contribution in [0.15, 0.2) is 65.7 Å². The van der Waals surface area contributed by atoms with Crippen molar-refractivity contribution in [2.75, 3.05) is 4.72 Å². The molecule has 0 aliphatic carbocycles. The molecule has 3 aromatic rings. The van der Waals surface area contributed by atoms with Gasteiger partial charge in [0.1, 0.15) is 0 Å². The highest BCUT2D eigenvalue weighted by Gasteiger charge is 2.16. The summed E-state index contributed by atoms with van der Waals surface area (Å²) in [7, 11) is -3.78. The number of nitrogens with one attached hydrogen (secondary N) is 1. The smallest absolute Gasteiger partial charge is 0.247 e. The van der Waals surface area contributed by atoms with E-state index in [1.807, 2.05) is 24.3 Å². The van der Waals surface area contributed by atoms with Gasteiger partial charge in [-0.2, -0.15) is 0 Å². The predicted molar refractivity (Wildman–Crippen MR) is 104 cm³/mol. The first-order valence-electron chi connectivity index (χ1n) is 8.07. The molecule has 0 saturated heterocycles. The summed E-state index contributed by atoms with van der Waals surface area (Å²) in [5.41, 5.74) is 2.76. The molecule has 0 aliphatic rings. The molecule has 1 aromatic heterocycles. The molecule has 1 heterocycles. The van der Waals surface area contributed by atoms with Gasteiger partial charge < -0.3 is 0 Å². The van der Waals surface area contributed by atoms with Crippen LogP contribution in [0, 0.1) is 0 Å². The lowest BCUT2D eigenvalue weighted by atomic mass is 10.0. The number of nitrogens with zero attached hydrogens (tertiary/aromatic N) is 2. The molecule has 0 aliphatic heterocycles. The van der Waals surface area contributed by atoms with E-state index in [1.165, 1.54) is 36.0 Å². The van der Waals surface area contributed by atoms with Gasteiger partial charge in [-0.3, -0.25) is 0 Å². The summed E-state index contributed by atoms with van der Waals surface area (Å²) in [4.78, 5) is 8.42. The third kappa shape index (κ3) is 4.20. The Morgan fingerprint density at radius 3 is 2.23 bits per heavy atom. The number of benzene rings is 2. The number of sulfonamides is 1. The van der Waals surface area contributed by atoms with Gasteiger partial charge in [-0.05, 0) is 41.8 Å². The molecule has 5 nitrogen and oxygen atoms in total. The SMILES string of the molecule is CC(C)c1ccc(-c2ccnc(NS(=O)(=O)c3ccc(Cl)cc3)n2)cc1. The zero-order valence-electron chi connectivity index (χ0n) is 14.3. The molecule has 0 unspecified atom stereocenters. The van der Waals surface area contributed by atoms with Crippen molar-refractivity contribution in [1.82, 2.24) is 9.97 Å².